The minimum Gasteiger partial charge on any atom is -0.337 e. The first-order valence-corrected chi connectivity index (χ1v) is 8.29. The van der Waals surface area contributed by atoms with Gasteiger partial charge in [0.25, 0.3) is 0 Å². The molecule has 0 fully saturated rings. The summed E-state index contributed by atoms with van der Waals surface area (Å²) in [5, 5.41) is 3.90. The summed E-state index contributed by atoms with van der Waals surface area (Å²) in [6.07, 6.45) is 0.715. The quantitative estimate of drug-likeness (QED) is 0.781. The van der Waals surface area contributed by atoms with E-state index in [4.69, 9.17) is 4.52 Å². The molecule has 1 atom stereocenters. The molecule has 2 rings (SSSR count). The van der Waals surface area contributed by atoms with E-state index in [1.54, 1.807) is 4.90 Å². The third-order valence-corrected chi connectivity index (χ3v) is 3.95. The highest BCUT2D eigenvalue weighted by molar-refractivity contribution is 5.83. The van der Waals surface area contributed by atoms with E-state index in [-0.39, 0.29) is 11.9 Å². The fraction of sp³-hybridized carbons (Fsp3) is 0.500. The minimum absolute atomic E-state index is 0.0318. The van der Waals surface area contributed by atoms with Crippen molar-refractivity contribution < 1.29 is 9.32 Å². The molecule has 6 heteroatoms. The normalized spacial score (nSPS) is 12.4. The zero-order valence-corrected chi connectivity index (χ0v) is 15.1. The fourth-order valence-corrected chi connectivity index (χ4v) is 2.68. The van der Waals surface area contributed by atoms with Crippen LogP contribution in [-0.4, -0.2) is 46.5 Å². The molecule has 24 heavy (non-hydrogen) atoms. The molecular formula is C18H26N4O2. The second-order valence-corrected chi connectivity index (χ2v) is 6.09. The van der Waals surface area contributed by atoms with Crippen molar-refractivity contribution in [1.29, 1.82) is 0 Å². The van der Waals surface area contributed by atoms with Crippen LogP contribution in [0.5, 0.6) is 0 Å². The van der Waals surface area contributed by atoms with E-state index in [1.165, 1.54) is 0 Å². The first-order chi connectivity index (χ1) is 11.5. The summed E-state index contributed by atoms with van der Waals surface area (Å²) in [6.45, 7) is 6.87. The molecule has 1 amide bonds. The summed E-state index contributed by atoms with van der Waals surface area (Å²) in [6, 6.07) is 7.72. The van der Waals surface area contributed by atoms with Crippen LogP contribution in [0.15, 0.2) is 28.8 Å². The number of benzene rings is 1. The smallest absolute Gasteiger partial charge is 0.246 e. The second kappa shape index (κ2) is 8.06. The van der Waals surface area contributed by atoms with Crippen LogP contribution in [0.4, 0.5) is 0 Å². The Morgan fingerprint density at radius 3 is 2.58 bits per heavy atom. The molecule has 130 valence electrons. The number of aryl methyl sites for hydroxylation is 2. The number of likely N-dealkylation sites (N-methyl/N-ethyl adjacent to an activating group) is 2. The summed E-state index contributed by atoms with van der Waals surface area (Å²) >= 11 is 0. The Balaban J connectivity index is 2.23. The molecule has 0 saturated heterocycles. The number of carbonyl (C=O) groups excluding carboxylic acids is 1. The number of carbonyl (C=O) groups is 1. The van der Waals surface area contributed by atoms with Crippen LogP contribution in [-0.2, 0) is 17.8 Å². The molecule has 1 heterocycles. The maximum absolute atomic E-state index is 13.1. The van der Waals surface area contributed by atoms with Crippen LogP contribution >= 0.6 is 0 Å². The predicted octanol–water partition coefficient (Wildman–Crippen LogP) is 2.59. The lowest BCUT2D eigenvalue weighted by Crippen LogP contribution is -2.40. The Labute approximate surface area is 143 Å². The van der Waals surface area contributed by atoms with Gasteiger partial charge >= 0.3 is 0 Å². The highest BCUT2D eigenvalue weighted by atomic mass is 16.5. The van der Waals surface area contributed by atoms with Crippen LogP contribution in [0, 0.1) is 6.92 Å². The van der Waals surface area contributed by atoms with Crippen LogP contribution in [0.25, 0.3) is 0 Å². The van der Waals surface area contributed by atoms with Gasteiger partial charge in [0.05, 0.1) is 0 Å². The van der Waals surface area contributed by atoms with Crippen LogP contribution in [0.1, 0.15) is 42.7 Å². The fourth-order valence-electron chi connectivity index (χ4n) is 2.68. The molecule has 0 radical (unpaired) electrons. The third-order valence-electron chi connectivity index (χ3n) is 3.95. The average molecular weight is 330 g/mol. The van der Waals surface area contributed by atoms with Crippen molar-refractivity contribution >= 4 is 5.91 Å². The number of hydrogen-bond acceptors (Lipinski definition) is 5. The molecule has 0 aliphatic heterocycles. The van der Waals surface area contributed by atoms with E-state index in [0.717, 1.165) is 11.1 Å². The largest absolute Gasteiger partial charge is 0.337 e. The van der Waals surface area contributed by atoms with Gasteiger partial charge in [-0.05, 0) is 33.5 Å². The van der Waals surface area contributed by atoms with E-state index in [2.05, 4.69) is 16.2 Å². The van der Waals surface area contributed by atoms with Gasteiger partial charge in [-0.3, -0.25) is 9.69 Å². The Morgan fingerprint density at radius 2 is 2.04 bits per heavy atom. The Bertz CT molecular complexity index is 681. The molecule has 1 aromatic carbocycles. The van der Waals surface area contributed by atoms with Gasteiger partial charge in [0.2, 0.25) is 11.8 Å². The predicted molar refractivity (Wildman–Crippen MR) is 92.4 cm³/mol. The van der Waals surface area contributed by atoms with E-state index >= 15 is 0 Å². The number of aromatic nitrogens is 2. The van der Waals surface area contributed by atoms with E-state index < -0.39 is 0 Å². The molecule has 0 bridgehead atoms. The summed E-state index contributed by atoms with van der Waals surface area (Å²) in [5.74, 6) is 1.17. The van der Waals surface area contributed by atoms with Gasteiger partial charge in [-0.2, -0.15) is 4.98 Å². The highest BCUT2D eigenvalue weighted by Crippen LogP contribution is 2.22. The molecule has 0 unspecified atom stereocenters. The Hall–Kier alpha value is -2.21. The Kier molecular flexibility index (Phi) is 6.09. The molecule has 1 aromatic heterocycles. The topological polar surface area (TPSA) is 62.5 Å². The van der Waals surface area contributed by atoms with E-state index in [9.17, 15) is 4.79 Å². The van der Waals surface area contributed by atoms with Gasteiger partial charge in [-0.25, -0.2) is 0 Å². The zero-order valence-electron chi connectivity index (χ0n) is 15.1. The first-order valence-electron chi connectivity index (χ1n) is 8.29. The lowest BCUT2D eigenvalue weighted by atomic mass is 10.0. The highest BCUT2D eigenvalue weighted by Gasteiger charge is 2.28. The van der Waals surface area contributed by atoms with Crippen molar-refractivity contribution in [3.8, 4) is 0 Å². The lowest BCUT2D eigenvalue weighted by molar-refractivity contribution is -0.137. The maximum Gasteiger partial charge on any atom is 0.246 e. The minimum atomic E-state index is -0.335. The van der Waals surface area contributed by atoms with Gasteiger partial charge in [0.15, 0.2) is 5.82 Å². The molecule has 0 aliphatic rings. The molecule has 2 aromatic rings. The van der Waals surface area contributed by atoms with Crippen LogP contribution in [0.3, 0.4) is 0 Å². The number of hydrogen-bond donors (Lipinski definition) is 0. The SMILES string of the molecule is CCc1noc(CN(CC)C(=O)[C@H](c2cccc(C)c2)N(C)C)n1. The summed E-state index contributed by atoms with van der Waals surface area (Å²) in [5.41, 5.74) is 2.13. The van der Waals surface area contributed by atoms with Crippen molar-refractivity contribution in [2.24, 2.45) is 0 Å². The molecule has 0 saturated carbocycles. The first kappa shape index (κ1) is 18.1. The van der Waals surface area contributed by atoms with Crippen LogP contribution < -0.4 is 0 Å². The summed E-state index contributed by atoms with van der Waals surface area (Å²) in [4.78, 5) is 21.1. The zero-order chi connectivity index (χ0) is 17.7. The number of rotatable bonds is 7. The van der Waals surface area contributed by atoms with E-state index in [1.807, 2.05) is 58.0 Å². The van der Waals surface area contributed by atoms with Crippen molar-refractivity contribution in [2.45, 2.75) is 39.8 Å². The van der Waals surface area contributed by atoms with Gasteiger partial charge in [-0.1, -0.05) is 41.9 Å². The molecule has 0 spiro atoms. The van der Waals surface area contributed by atoms with Crippen LogP contribution in [0.2, 0.25) is 0 Å². The van der Waals surface area contributed by atoms with Crippen molar-refractivity contribution in [3.05, 3.63) is 47.1 Å². The van der Waals surface area contributed by atoms with Gasteiger partial charge < -0.3 is 9.42 Å². The maximum atomic E-state index is 13.1. The summed E-state index contributed by atoms with van der Waals surface area (Å²) in [7, 11) is 3.83. The lowest BCUT2D eigenvalue weighted by Gasteiger charge is -2.29. The van der Waals surface area contributed by atoms with Gasteiger partial charge in [0, 0.05) is 13.0 Å². The van der Waals surface area contributed by atoms with Crippen molar-refractivity contribution in [1.82, 2.24) is 19.9 Å². The second-order valence-electron chi connectivity index (χ2n) is 6.09. The molecule has 0 N–H and O–H groups in total. The van der Waals surface area contributed by atoms with Crippen molar-refractivity contribution in [3.63, 3.8) is 0 Å². The molecule has 0 aliphatic carbocycles. The monoisotopic (exact) mass is 330 g/mol. The standard InChI is InChI=1S/C18H26N4O2/c1-6-15-19-16(24-20-15)12-22(7-2)18(23)17(21(4)5)14-10-8-9-13(3)11-14/h8-11,17H,6-7,12H2,1-5H3/t17-/m0/s1. The third kappa shape index (κ3) is 4.20. The van der Waals surface area contributed by atoms with E-state index in [0.29, 0.717) is 31.2 Å². The molecule has 6 nitrogen and oxygen atoms in total. The van der Waals surface area contributed by atoms with Crippen molar-refractivity contribution in [2.75, 3.05) is 20.6 Å². The summed E-state index contributed by atoms with van der Waals surface area (Å²) < 4.78 is 5.23. The van der Waals surface area contributed by atoms with Gasteiger partial charge in [0.1, 0.15) is 12.6 Å². The number of amides is 1. The van der Waals surface area contributed by atoms with Gasteiger partial charge in [-0.15, -0.1) is 0 Å². The Morgan fingerprint density at radius 1 is 1.29 bits per heavy atom. The average Bonchev–Trinajstić information content (AvgIpc) is 3.00. The number of nitrogens with zero attached hydrogens (tertiary/aromatic N) is 4. The molecular weight excluding hydrogens is 304 g/mol.